The number of ketones is 1. The zero-order valence-electron chi connectivity index (χ0n) is 13.6. The van der Waals surface area contributed by atoms with Gasteiger partial charge in [-0.3, -0.25) is 9.78 Å². The van der Waals surface area contributed by atoms with E-state index in [9.17, 15) is 33.0 Å². The second-order valence-corrected chi connectivity index (χ2v) is 6.02. The molecular weight excluding hydrogens is 367 g/mol. The van der Waals surface area contributed by atoms with E-state index in [2.05, 4.69) is 10.3 Å². The molecule has 3 rings (SSSR count). The molecule has 0 saturated carbocycles. The third-order valence-electron chi connectivity index (χ3n) is 4.26. The van der Waals surface area contributed by atoms with E-state index in [-0.39, 0.29) is 16.9 Å². The second kappa shape index (κ2) is 6.54. The van der Waals surface area contributed by atoms with E-state index in [1.54, 1.807) is 0 Å². The first-order chi connectivity index (χ1) is 12.6. The number of nitrogens with zero attached hydrogens (tertiary/aromatic N) is 1. The van der Waals surface area contributed by atoms with Gasteiger partial charge < -0.3 is 20.8 Å². The summed E-state index contributed by atoms with van der Waals surface area (Å²) in [6.45, 7) is 0. The summed E-state index contributed by atoms with van der Waals surface area (Å²) in [7, 11) is 0. The third-order valence-corrected chi connectivity index (χ3v) is 4.26. The molecular formula is C17H14F3N3O4. The van der Waals surface area contributed by atoms with E-state index in [1.807, 2.05) is 0 Å². The Morgan fingerprint density at radius 2 is 1.96 bits per heavy atom. The van der Waals surface area contributed by atoms with Gasteiger partial charge in [-0.2, -0.15) is 13.2 Å². The normalized spacial score (nSPS) is 25.4. The lowest BCUT2D eigenvalue weighted by Gasteiger charge is -2.45. The van der Waals surface area contributed by atoms with Gasteiger partial charge in [0.05, 0.1) is 6.04 Å². The highest BCUT2D eigenvalue weighted by molar-refractivity contribution is 6.00. The van der Waals surface area contributed by atoms with Gasteiger partial charge >= 0.3 is 12.2 Å². The number of aromatic nitrogens is 1. The van der Waals surface area contributed by atoms with Crippen LogP contribution in [-0.2, 0) is 0 Å². The van der Waals surface area contributed by atoms with Crippen LogP contribution in [-0.4, -0.2) is 38.9 Å². The van der Waals surface area contributed by atoms with Crippen LogP contribution >= 0.6 is 0 Å². The van der Waals surface area contributed by atoms with Crippen LogP contribution in [0.5, 0.6) is 5.75 Å². The van der Waals surface area contributed by atoms with E-state index in [4.69, 9.17) is 0 Å². The van der Waals surface area contributed by atoms with Crippen molar-refractivity contribution in [2.75, 3.05) is 0 Å². The molecule has 2 heterocycles. The molecule has 0 spiro atoms. The van der Waals surface area contributed by atoms with Crippen molar-refractivity contribution >= 4 is 11.8 Å². The van der Waals surface area contributed by atoms with E-state index >= 15 is 0 Å². The van der Waals surface area contributed by atoms with Crippen LogP contribution in [0.15, 0.2) is 48.8 Å². The number of urea groups is 1. The first kappa shape index (κ1) is 18.6. The van der Waals surface area contributed by atoms with Crippen LogP contribution in [0.2, 0.25) is 0 Å². The molecule has 7 nitrogen and oxygen atoms in total. The monoisotopic (exact) mass is 381 g/mol. The summed E-state index contributed by atoms with van der Waals surface area (Å²) >= 11 is 0. The quantitative estimate of drug-likeness (QED) is 0.607. The highest BCUT2D eigenvalue weighted by atomic mass is 19.4. The molecule has 2 amide bonds. The number of hydrogen-bond donors (Lipinski definition) is 4. The minimum atomic E-state index is -5.34. The number of hydrogen-bond acceptors (Lipinski definition) is 5. The Morgan fingerprint density at radius 1 is 1.22 bits per heavy atom. The molecule has 3 atom stereocenters. The van der Waals surface area contributed by atoms with Crippen molar-refractivity contribution in [2.45, 2.75) is 17.9 Å². The largest absolute Gasteiger partial charge is 0.508 e. The number of alkyl halides is 3. The van der Waals surface area contributed by atoms with Crippen LogP contribution in [0.25, 0.3) is 0 Å². The topological polar surface area (TPSA) is 112 Å². The summed E-state index contributed by atoms with van der Waals surface area (Å²) < 4.78 is 41.1. The number of halogens is 3. The summed E-state index contributed by atoms with van der Waals surface area (Å²) in [5.74, 6) is -3.52. The molecule has 27 heavy (non-hydrogen) atoms. The number of rotatable bonds is 3. The van der Waals surface area contributed by atoms with Crippen LogP contribution in [0, 0.1) is 5.92 Å². The number of pyridine rings is 1. The van der Waals surface area contributed by atoms with E-state index < -0.39 is 35.7 Å². The summed E-state index contributed by atoms with van der Waals surface area (Å²) in [5, 5.41) is 23.7. The number of aromatic hydroxyl groups is 1. The van der Waals surface area contributed by atoms with Gasteiger partial charge in [0, 0.05) is 18.0 Å². The fourth-order valence-corrected chi connectivity index (χ4v) is 3.02. The first-order valence-electron chi connectivity index (χ1n) is 7.74. The Kier molecular flexibility index (Phi) is 4.52. The predicted octanol–water partition coefficient (Wildman–Crippen LogP) is 1.89. The fraction of sp³-hybridized carbons (Fsp3) is 0.235. The summed E-state index contributed by atoms with van der Waals surface area (Å²) in [5.41, 5.74) is -3.97. The summed E-state index contributed by atoms with van der Waals surface area (Å²) in [6, 6.07) is 4.81. The van der Waals surface area contributed by atoms with Crippen molar-refractivity contribution in [3.8, 4) is 5.75 Å². The number of phenols is 1. The second-order valence-electron chi connectivity index (χ2n) is 6.02. The van der Waals surface area contributed by atoms with Crippen molar-refractivity contribution in [2.24, 2.45) is 5.92 Å². The predicted molar refractivity (Wildman–Crippen MR) is 85.6 cm³/mol. The standard InChI is InChI=1S/C17H14F3N3O4/c18-17(19,20)16(27)12(14(25)10-4-2-6-21-8-10)13(22-15(26)23-16)9-3-1-5-11(24)7-9/h1-8,12-13,24,27H,(H2,22,23,26)/t12-,13-,16+/m1/s1. The SMILES string of the molecule is O=C1N[C@H](c2cccc(O)c2)[C@H](C(=O)c2cccnc2)[C@](O)(C(F)(F)F)N1. The molecule has 1 aliphatic rings. The highest BCUT2D eigenvalue weighted by Gasteiger charge is 2.66. The smallest absolute Gasteiger partial charge is 0.437 e. The van der Waals surface area contributed by atoms with Crippen molar-refractivity contribution in [3.63, 3.8) is 0 Å². The number of phenolic OH excluding ortho intramolecular Hbond substituents is 1. The maximum atomic E-state index is 13.7. The zero-order chi connectivity index (χ0) is 19.8. The molecule has 0 aliphatic carbocycles. The average molecular weight is 381 g/mol. The Morgan fingerprint density at radius 3 is 2.56 bits per heavy atom. The summed E-state index contributed by atoms with van der Waals surface area (Å²) in [4.78, 5) is 28.4. The van der Waals surface area contributed by atoms with E-state index in [1.165, 1.54) is 41.8 Å². The molecule has 0 unspecified atom stereocenters. The maximum absolute atomic E-state index is 13.7. The Bertz CT molecular complexity index is 875. The Labute approximate surface area is 150 Å². The molecule has 1 aliphatic heterocycles. The molecule has 1 fully saturated rings. The van der Waals surface area contributed by atoms with Gasteiger partial charge in [0.1, 0.15) is 11.7 Å². The number of Topliss-reactive ketones (excluding diaryl/α,β-unsaturated/α-hetero) is 1. The van der Waals surface area contributed by atoms with Crippen molar-refractivity contribution in [1.82, 2.24) is 15.6 Å². The zero-order valence-corrected chi connectivity index (χ0v) is 13.6. The van der Waals surface area contributed by atoms with Gasteiger partial charge in [0.25, 0.3) is 0 Å². The lowest BCUT2D eigenvalue weighted by molar-refractivity contribution is -0.287. The molecule has 1 aromatic carbocycles. The first-order valence-corrected chi connectivity index (χ1v) is 7.74. The van der Waals surface area contributed by atoms with Crippen LogP contribution in [0.1, 0.15) is 22.0 Å². The molecule has 1 saturated heterocycles. The number of amides is 2. The lowest BCUT2D eigenvalue weighted by Crippen LogP contribution is -2.72. The van der Waals surface area contributed by atoms with Crippen molar-refractivity contribution < 1.29 is 33.0 Å². The number of benzene rings is 1. The number of carbonyl (C=O) groups is 2. The van der Waals surface area contributed by atoms with Gasteiger partial charge in [-0.15, -0.1) is 0 Å². The van der Waals surface area contributed by atoms with Gasteiger partial charge in [-0.05, 0) is 29.8 Å². The van der Waals surface area contributed by atoms with E-state index in [0.29, 0.717) is 0 Å². The molecule has 2 aromatic rings. The lowest BCUT2D eigenvalue weighted by atomic mass is 9.77. The third kappa shape index (κ3) is 3.31. The fourth-order valence-electron chi connectivity index (χ4n) is 3.02. The van der Waals surface area contributed by atoms with Gasteiger partial charge in [0.15, 0.2) is 5.78 Å². The summed E-state index contributed by atoms with van der Waals surface area (Å²) in [6.07, 6.45) is -2.95. The highest BCUT2D eigenvalue weighted by Crippen LogP contribution is 2.44. The Balaban J connectivity index is 2.17. The molecule has 0 radical (unpaired) electrons. The van der Waals surface area contributed by atoms with Gasteiger partial charge in [0.2, 0.25) is 5.72 Å². The van der Waals surface area contributed by atoms with Gasteiger partial charge in [-0.25, -0.2) is 4.79 Å². The number of aliphatic hydroxyl groups is 1. The van der Waals surface area contributed by atoms with Crippen LogP contribution in [0.3, 0.4) is 0 Å². The van der Waals surface area contributed by atoms with Gasteiger partial charge in [-0.1, -0.05) is 12.1 Å². The minimum Gasteiger partial charge on any atom is -0.508 e. The average Bonchev–Trinajstić information content (AvgIpc) is 2.60. The number of carbonyl (C=O) groups excluding carboxylic acids is 2. The molecule has 1 aromatic heterocycles. The minimum absolute atomic E-state index is 0.0229. The molecule has 4 N–H and O–H groups in total. The van der Waals surface area contributed by atoms with Crippen LogP contribution < -0.4 is 10.6 Å². The molecule has 142 valence electrons. The van der Waals surface area contributed by atoms with E-state index in [0.717, 1.165) is 12.3 Å². The van der Waals surface area contributed by atoms with Crippen LogP contribution in [0.4, 0.5) is 18.0 Å². The molecule has 0 bridgehead atoms. The maximum Gasteiger partial charge on any atom is 0.437 e. The number of nitrogens with one attached hydrogen (secondary N) is 2. The van der Waals surface area contributed by atoms with Crippen molar-refractivity contribution in [3.05, 3.63) is 59.9 Å². The Hall–Kier alpha value is -3.14. The van der Waals surface area contributed by atoms with Crippen molar-refractivity contribution in [1.29, 1.82) is 0 Å². The molecule has 10 heteroatoms.